The van der Waals surface area contributed by atoms with E-state index in [0.29, 0.717) is 33.9 Å². The van der Waals surface area contributed by atoms with Crippen LogP contribution in [0.2, 0.25) is 10.0 Å². The van der Waals surface area contributed by atoms with Crippen LogP contribution >= 0.6 is 23.2 Å². The van der Waals surface area contributed by atoms with Gasteiger partial charge in [0.25, 0.3) is 5.91 Å². The number of nitrogens with one attached hydrogen (secondary N) is 2. The molecule has 0 bridgehead atoms. The van der Waals surface area contributed by atoms with Crippen molar-refractivity contribution in [2.45, 2.75) is 26.3 Å². The molecule has 2 amide bonds. The topological polar surface area (TPSA) is 103 Å². The van der Waals surface area contributed by atoms with Gasteiger partial charge < -0.3 is 24.8 Å². The van der Waals surface area contributed by atoms with E-state index in [2.05, 4.69) is 10.6 Å². The summed E-state index contributed by atoms with van der Waals surface area (Å²) < 4.78 is 16.3. The summed E-state index contributed by atoms with van der Waals surface area (Å²) in [7, 11) is 3.09. The lowest BCUT2D eigenvalue weighted by molar-refractivity contribution is -0.145. The Bertz CT molecular complexity index is 1300. The minimum absolute atomic E-state index is 0.0580. The van der Waals surface area contributed by atoms with Gasteiger partial charge in [-0.25, -0.2) is 4.79 Å². The number of carbonyl (C=O) groups excluding carboxylic acids is 3. The minimum atomic E-state index is -1.05. The number of esters is 1. The standard InChI is InChI=1S/C28H28Cl2N2O6/c1-5-38-28(35)22(32-27(34)26-19(29)8-6-9-20(26)30)15-17-12-13-18(21(14-17)31-16(2)33)25-23(36-3)10-7-11-24(25)37-4/h6-14,22H,5,15H2,1-4H3,(H,31,33)(H,32,34)/t22-/m0/s1. The maximum absolute atomic E-state index is 13.0. The Morgan fingerprint density at radius 3 is 2.08 bits per heavy atom. The second kappa shape index (κ2) is 13.2. The molecule has 3 aromatic rings. The predicted octanol–water partition coefficient (Wildman–Crippen LogP) is 5.54. The molecule has 1 atom stereocenters. The van der Waals surface area contributed by atoms with Gasteiger partial charge in [-0.2, -0.15) is 0 Å². The van der Waals surface area contributed by atoms with Crippen LogP contribution in [0.1, 0.15) is 29.8 Å². The first-order valence-electron chi connectivity index (χ1n) is 11.7. The molecular formula is C28H28Cl2N2O6. The summed E-state index contributed by atoms with van der Waals surface area (Å²) in [5.41, 5.74) is 2.48. The Morgan fingerprint density at radius 2 is 1.53 bits per heavy atom. The van der Waals surface area contributed by atoms with Crippen molar-refractivity contribution in [3.63, 3.8) is 0 Å². The Balaban J connectivity index is 2.02. The van der Waals surface area contributed by atoms with Gasteiger partial charge in [0.1, 0.15) is 17.5 Å². The molecule has 0 saturated heterocycles. The van der Waals surface area contributed by atoms with Crippen molar-refractivity contribution in [2.75, 3.05) is 26.1 Å². The fourth-order valence-corrected chi connectivity index (χ4v) is 4.53. The van der Waals surface area contributed by atoms with Crippen LogP contribution in [0.25, 0.3) is 11.1 Å². The number of benzene rings is 3. The van der Waals surface area contributed by atoms with Crippen molar-refractivity contribution in [3.05, 3.63) is 75.8 Å². The van der Waals surface area contributed by atoms with Crippen LogP contribution in [0.5, 0.6) is 11.5 Å². The van der Waals surface area contributed by atoms with E-state index in [1.54, 1.807) is 63.6 Å². The van der Waals surface area contributed by atoms with E-state index in [-0.39, 0.29) is 34.5 Å². The molecule has 38 heavy (non-hydrogen) atoms. The van der Waals surface area contributed by atoms with Gasteiger partial charge in [-0.1, -0.05) is 47.5 Å². The van der Waals surface area contributed by atoms with Gasteiger partial charge in [-0.3, -0.25) is 9.59 Å². The maximum atomic E-state index is 13.0. The summed E-state index contributed by atoms with van der Waals surface area (Å²) in [5, 5.41) is 5.82. The molecule has 3 aromatic carbocycles. The van der Waals surface area contributed by atoms with Crippen LogP contribution in [-0.4, -0.2) is 44.7 Å². The Labute approximate surface area is 231 Å². The monoisotopic (exact) mass is 558 g/mol. The first kappa shape index (κ1) is 28.8. The van der Waals surface area contributed by atoms with E-state index in [9.17, 15) is 14.4 Å². The van der Waals surface area contributed by atoms with Gasteiger partial charge in [0.15, 0.2) is 0 Å². The molecular weight excluding hydrogens is 531 g/mol. The van der Waals surface area contributed by atoms with Crippen LogP contribution in [0, 0.1) is 0 Å². The molecule has 0 aliphatic heterocycles. The molecule has 10 heteroatoms. The summed E-state index contributed by atoms with van der Waals surface area (Å²) in [6.07, 6.45) is 0.0720. The van der Waals surface area contributed by atoms with Gasteiger partial charge in [0.2, 0.25) is 5.91 Å². The highest BCUT2D eigenvalue weighted by atomic mass is 35.5. The summed E-state index contributed by atoms with van der Waals surface area (Å²) in [6, 6.07) is 14.3. The smallest absolute Gasteiger partial charge is 0.328 e. The Hall–Kier alpha value is -3.75. The lowest BCUT2D eigenvalue weighted by Gasteiger charge is -2.20. The van der Waals surface area contributed by atoms with Crippen LogP contribution in [0.15, 0.2) is 54.6 Å². The first-order valence-corrected chi connectivity index (χ1v) is 12.5. The molecule has 0 saturated carbocycles. The third-order valence-electron chi connectivity index (χ3n) is 5.60. The molecule has 8 nitrogen and oxygen atoms in total. The Morgan fingerprint density at radius 1 is 0.921 bits per heavy atom. The van der Waals surface area contributed by atoms with E-state index in [0.717, 1.165) is 0 Å². The number of halogens is 2. The zero-order chi connectivity index (χ0) is 27.8. The highest BCUT2D eigenvalue weighted by molar-refractivity contribution is 6.39. The lowest BCUT2D eigenvalue weighted by Crippen LogP contribution is -2.43. The van der Waals surface area contributed by atoms with E-state index in [1.165, 1.54) is 19.1 Å². The third kappa shape index (κ3) is 6.76. The molecule has 0 fully saturated rings. The van der Waals surface area contributed by atoms with Crippen molar-refractivity contribution in [3.8, 4) is 22.6 Å². The quantitative estimate of drug-likeness (QED) is 0.316. The zero-order valence-electron chi connectivity index (χ0n) is 21.4. The molecule has 3 rings (SSSR count). The molecule has 0 aliphatic carbocycles. The molecule has 0 spiro atoms. The van der Waals surface area contributed by atoms with E-state index < -0.39 is 17.9 Å². The van der Waals surface area contributed by atoms with E-state index in [1.807, 2.05) is 0 Å². The number of carbonyl (C=O) groups is 3. The SMILES string of the molecule is CCOC(=O)[C@H](Cc1ccc(-c2c(OC)cccc2OC)c(NC(C)=O)c1)NC(=O)c1c(Cl)cccc1Cl. The zero-order valence-corrected chi connectivity index (χ0v) is 22.9. The number of anilines is 1. The summed E-state index contributed by atoms with van der Waals surface area (Å²) in [5.74, 6) is -0.425. The number of ether oxygens (including phenoxy) is 3. The molecule has 0 radical (unpaired) electrons. The summed E-state index contributed by atoms with van der Waals surface area (Å²) >= 11 is 12.4. The van der Waals surface area contributed by atoms with Gasteiger partial charge in [-0.05, 0) is 42.8 Å². The second-order valence-corrected chi connectivity index (χ2v) is 8.99. The number of hydrogen-bond acceptors (Lipinski definition) is 6. The third-order valence-corrected chi connectivity index (χ3v) is 6.23. The normalized spacial score (nSPS) is 11.3. The van der Waals surface area contributed by atoms with Crippen LogP contribution in [-0.2, 0) is 20.7 Å². The number of hydrogen-bond donors (Lipinski definition) is 2. The summed E-state index contributed by atoms with van der Waals surface area (Å²) in [6.45, 7) is 3.19. The lowest BCUT2D eigenvalue weighted by atomic mass is 9.96. The van der Waals surface area contributed by atoms with E-state index in [4.69, 9.17) is 37.4 Å². The average molecular weight is 559 g/mol. The highest BCUT2D eigenvalue weighted by Gasteiger charge is 2.26. The molecule has 0 aliphatic rings. The number of amides is 2. The second-order valence-electron chi connectivity index (χ2n) is 8.18. The van der Waals surface area contributed by atoms with Crippen molar-refractivity contribution < 1.29 is 28.6 Å². The summed E-state index contributed by atoms with van der Waals surface area (Å²) in [4.78, 5) is 37.9. The molecule has 200 valence electrons. The van der Waals surface area contributed by atoms with Crippen LogP contribution < -0.4 is 20.1 Å². The minimum Gasteiger partial charge on any atom is -0.496 e. The predicted molar refractivity (Wildman–Crippen MR) is 147 cm³/mol. The highest BCUT2D eigenvalue weighted by Crippen LogP contribution is 2.42. The van der Waals surface area contributed by atoms with Gasteiger partial charge in [0, 0.05) is 24.6 Å². The van der Waals surface area contributed by atoms with Crippen LogP contribution in [0.3, 0.4) is 0 Å². The van der Waals surface area contributed by atoms with Crippen molar-refractivity contribution in [2.24, 2.45) is 0 Å². The average Bonchev–Trinajstić information content (AvgIpc) is 2.87. The van der Waals surface area contributed by atoms with Crippen LogP contribution in [0.4, 0.5) is 5.69 Å². The number of methoxy groups -OCH3 is 2. The molecule has 0 heterocycles. The fraction of sp³-hybridized carbons (Fsp3) is 0.250. The Kier molecular flexibility index (Phi) is 9.98. The fourth-order valence-electron chi connectivity index (χ4n) is 3.96. The van der Waals surface area contributed by atoms with E-state index >= 15 is 0 Å². The molecule has 2 N–H and O–H groups in total. The molecule has 0 unspecified atom stereocenters. The first-order chi connectivity index (χ1) is 18.2. The van der Waals surface area contributed by atoms with Gasteiger partial charge in [-0.15, -0.1) is 0 Å². The maximum Gasteiger partial charge on any atom is 0.328 e. The van der Waals surface area contributed by atoms with Crippen molar-refractivity contribution >= 4 is 46.7 Å². The van der Waals surface area contributed by atoms with Crippen molar-refractivity contribution in [1.82, 2.24) is 5.32 Å². The van der Waals surface area contributed by atoms with Gasteiger partial charge >= 0.3 is 5.97 Å². The molecule has 0 aromatic heterocycles. The largest absolute Gasteiger partial charge is 0.496 e. The van der Waals surface area contributed by atoms with Crippen molar-refractivity contribution in [1.29, 1.82) is 0 Å². The van der Waals surface area contributed by atoms with Gasteiger partial charge in [0.05, 0.1) is 42.0 Å². The number of rotatable bonds is 10.